The van der Waals surface area contributed by atoms with Gasteiger partial charge >= 0.3 is 0 Å². The highest BCUT2D eigenvalue weighted by Gasteiger charge is 2.03. The van der Waals surface area contributed by atoms with Crippen LogP contribution in [0.4, 0.5) is 0 Å². The van der Waals surface area contributed by atoms with E-state index in [0.29, 0.717) is 0 Å². The molecule has 0 atom stereocenters. The summed E-state index contributed by atoms with van der Waals surface area (Å²) in [6.45, 7) is 0. The van der Waals surface area contributed by atoms with Crippen LogP contribution in [-0.4, -0.2) is 15.2 Å². The monoisotopic (exact) mass is 229 g/mol. The Morgan fingerprint density at radius 1 is 1.19 bits per heavy atom. The van der Waals surface area contributed by atoms with E-state index in [1.165, 1.54) is 15.3 Å². The predicted molar refractivity (Wildman–Crippen MR) is 65.6 cm³/mol. The second-order valence-corrected chi connectivity index (χ2v) is 4.80. The number of benzene rings is 1. The molecule has 0 amide bonds. The van der Waals surface area contributed by atoms with Gasteiger partial charge in [-0.25, -0.2) is 4.98 Å². The maximum Gasteiger partial charge on any atom is 0.0941 e. The Labute approximate surface area is 97.2 Å². The minimum absolute atomic E-state index is 0.985. The maximum atomic E-state index is 4.60. The number of aromatic nitrogens is 3. The number of aromatic amines is 1. The maximum absolute atomic E-state index is 4.60. The Bertz CT molecular complexity index is 550. The molecule has 0 aliphatic carbocycles. The summed E-state index contributed by atoms with van der Waals surface area (Å²) in [7, 11) is 0. The summed E-state index contributed by atoms with van der Waals surface area (Å²) in [5.41, 5.74) is 2.34. The Morgan fingerprint density at radius 3 is 2.94 bits per heavy atom. The van der Waals surface area contributed by atoms with Crippen LogP contribution >= 0.6 is 11.3 Å². The number of hydrogen-bond acceptors (Lipinski definition) is 3. The van der Waals surface area contributed by atoms with E-state index in [-0.39, 0.29) is 0 Å². The lowest BCUT2D eigenvalue weighted by Crippen LogP contribution is -1.88. The number of hydrogen-bond donors (Lipinski definition) is 1. The molecule has 0 unspecified atom stereocenters. The molecule has 4 heteroatoms. The van der Waals surface area contributed by atoms with Gasteiger partial charge in [-0.2, -0.15) is 5.10 Å². The van der Waals surface area contributed by atoms with Crippen molar-refractivity contribution in [1.29, 1.82) is 0 Å². The zero-order valence-electron chi connectivity index (χ0n) is 8.68. The molecule has 0 saturated heterocycles. The molecule has 0 aliphatic heterocycles. The van der Waals surface area contributed by atoms with Crippen LogP contribution < -0.4 is 0 Å². The minimum Gasteiger partial charge on any atom is -0.285 e. The van der Waals surface area contributed by atoms with Crippen LogP contribution in [0.5, 0.6) is 0 Å². The van der Waals surface area contributed by atoms with Crippen molar-refractivity contribution in [1.82, 2.24) is 15.2 Å². The third-order valence-electron chi connectivity index (χ3n) is 2.52. The van der Waals surface area contributed by atoms with E-state index in [2.05, 4.69) is 33.4 Å². The molecule has 2 aromatic heterocycles. The number of rotatable bonds is 3. The highest BCUT2D eigenvalue weighted by atomic mass is 32.1. The molecular weight excluding hydrogens is 218 g/mol. The van der Waals surface area contributed by atoms with Gasteiger partial charge in [0.05, 0.1) is 21.4 Å². The van der Waals surface area contributed by atoms with Gasteiger partial charge in [-0.3, -0.25) is 5.10 Å². The minimum atomic E-state index is 0.985. The van der Waals surface area contributed by atoms with Crippen molar-refractivity contribution < 1.29 is 0 Å². The van der Waals surface area contributed by atoms with Crippen molar-refractivity contribution in [3.8, 4) is 0 Å². The lowest BCUT2D eigenvalue weighted by atomic mass is 10.2. The standard InChI is InChI=1S/C12H11N3S/c1-2-4-11-10(3-1)15-12(16-11)6-5-9-7-13-14-8-9/h1-4,7-8H,5-6H2,(H,13,14). The second-order valence-electron chi connectivity index (χ2n) is 3.68. The molecule has 3 rings (SSSR count). The lowest BCUT2D eigenvalue weighted by Gasteiger charge is -1.91. The van der Waals surface area contributed by atoms with Gasteiger partial charge in [0.25, 0.3) is 0 Å². The second kappa shape index (κ2) is 4.06. The summed E-state index contributed by atoms with van der Waals surface area (Å²) in [5.74, 6) is 0. The van der Waals surface area contributed by atoms with Crippen LogP contribution in [0.25, 0.3) is 10.2 Å². The lowest BCUT2D eigenvalue weighted by molar-refractivity contribution is 0.950. The van der Waals surface area contributed by atoms with Crippen LogP contribution in [0.1, 0.15) is 10.6 Å². The molecule has 80 valence electrons. The first-order valence-electron chi connectivity index (χ1n) is 5.24. The van der Waals surface area contributed by atoms with Crippen molar-refractivity contribution in [2.24, 2.45) is 0 Å². The average molecular weight is 229 g/mol. The van der Waals surface area contributed by atoms with Gasteiger partial charge in [0.2, 0.25) is 0 Å². The van der Waals surface area contributed by atoms with Crippen molar-refractivity contribution in [2.75, 3.05) is 0 Å². The summed E-state index contributed by atoms with van der Waals surface area (Å²) in [4.78, 5) is 4.60. The summed E-state index contributed by atoms with van der Waals surface area (Å²) in [6, 6.07) is 8.27. The van der Waals surface area contributed by atoms with E-state index in [1.807, 2.05) is 18.5 Å². The number of fused-ring (bicyclic) bond motifs is 1. The highest BCUT2D eigenvalue weighted by molar-refractivity contribution is 7.18. The van der Waals surface area contributed by atoms with E-state index < -0.39 is 0 Å². The van der Waals surface area contributed by atoms with Crippen LogP contribution in [0.2, 0.25) is 0 Å². The highest BCUT2D eigenvalue weighted by Crippen LogP contribution is 2.22. The van der Waals surface area contributed by atoms with Gasteiger partial charge in [0.15, 0.2) is 0 Å². The number of H-pyrrole nitrogens is 1. The third kappa shape index (κ3) is 1.84. The fourth-order valence-corrected chi connectivity index (χ4v) is 2.66. The van der Waals surface area contributed by atoms with Gasteiger partial charge < -0.3 is 0 Å². The van der Waals surface area contributed by atoms with Crippen molar-refractivity contribution in [3.63, 3.8) is 0 Å². The van der Waals surface area contributed by atoms with Crippen molar-refractivity contribution >= 4 is 21.6 Å². The van der Waals surface area contributed by atoms with Crippen molar-refractivity contribution in [3.05, 3.63) is 47.2 Å². The molecular formula is C12H11N3S. The average Bonchev–Trinajstić information content (AvgIpc) is 2.95. The fourth-order valence-electron chi connectivity index (χ4n) is 1.69. The molecule has 0 radical (unpaired) electrons. The third-order valence-corrected chi connectivity index (χ3v) is 3.62. The number of aryl methyl sites for hydroxylation is 2. The Hall–Kier alpha value is -1.68. The topological polar surface area (TPSA) is 41.6 Å². The Balaban J connectivity index is 1.79. The normalized spacial score (nSPS) is 11.0. The van der Waals surface area contributed by atoms with E-state index in [4.69, 9.17) is 0 Å². The summed E-state index contributed by atoms with van der Waals surface area (Å²) in [5, 5.41) is 7.96. The molecule has 0 saturated carbocycles. The van der Waals surface area contributed by atoms with Crippen LogP contribution in [0.15, 0.2) is 36.7 Å². The van der Waals surface area contributed by atoms with Gasteiger partial charge in [-0.15, -0.1) is 11.3 Å². The first kappa shape index (κ1) is 9.54. The van der Waals surface area contributed by atoms with Gasteiger partial charge in [-0.05, 0) is 24.1 Å². The predicted octanol–water partition coefficient (Wildman–Crippen LogP) is 2.80. The SMILES string of the molecule is c1ccc2sc(CCc3cn[nH]c3)nc2c1. The molecule has 16 heavy (non-hydrogen) atoms. The van der Waals surface area contributed by atoms with E-state index in [1.54, 1.807) is 11.3 Å². The molecule has 1 N–H and O–H groups in total. The number of nitrogens with zero attached hydrogens (tertiary/aromatic N) is 2. The fraction of sp³-hybridized carbons (Fsp3) is 0.167. The molecule has 0 fully saturated rings. The summed E-state index contributed by atoms with van der Waals surface area (Å²) < 4.78 is 1.27. The van der Waals surface area contributed by atoms with E-state index >= 15 is 0 Å². The molecule has 2 heterocycles. The Morgan fingerprint density at radius 2 is 2.12 bits per heavy atom. The van der Waals surface area contributed by atoms with Crippen molar-refractivity contribution in [2.45, 2.75) is 12.8 Å². The van der Waals surface area contributed by atoms with Gasteiger partial charge in [0, 0.05) is 12.6 Å². The molecule has 0 aliphatic rings. The first-order valence-corrected chi connectivity index (χ1v) is 6.05. The quantitative estimate of drug-likeness (QED) is 0.750. The zero-order chi connectivity index (χ0) is 10.8. The zero-order valence-corrected chi connectivity index (χ0v) is 9.50. The summed E-state index contributed by atoms with van der Waals surface area (Å²) >= 11 is 1.78. The van der Waals surface area contributed by atoms with Crippen LogP contribution in [0, 0.1) is 0 Å². The summed E-state index contributed by atoms with van der Waals surface area (Å²) in [6.07, 6.45) is 5.79. The largest absolute Gasteiger partial charge is 0.285 e. The molecule has 3 nitrogen and oxygen atoms in total. The number of nitrogens with one attached hydrogen (secondary N) is 1. The molecule has 0 spiro atoms. The number of para-hydroxylation sites is 1. The van der Waals surface area contributed by atoms with Crippen LogP contribution in [-0.2, 0) is 12.8 Å². The molecule has 1 aromatic carbocycles. The van der Waals surface area contributed by atoms with E-state index in [9.17, 15) is 0 Å². The first-order chi connectivity index (χ1) is 7.92. The smallest absolute Gasteiger partial charge is 0.0941 e. The van der Waals surface area contributed by atoms with Gasteiger partial charge in [0.1, 0.15) is 0 Å². The van der Waals surface area contributed by atoms with Gasteiger partial charge in [-0.1, -0.05) is 12.1 Å². The molecule has 0 bridgehead atoms. The Kier molecular flexibility index (Phi) is 2.42. The molecule has 3 aromatic rings. The number of thiazole rings is 1. The van der Waals surface area contributed by atoms with Crippen LogP contribution in [0.3, 0.4) is 0 Å². The van der Waals surface area contributed by atoms with E-state index in [0.717, 1.165) is 18.4 Å².